The summed E-state index contributed by atoms with van der Waals surface area (Å²) < 4.78 is 30.5. The second kappa shape index (κ2) is 9.87. The number of halogens is 2. The molecular formula is C22H24F2N4O2. The van der Waals surface area contributed by atoms with Crippen molar-refractivity contribution in [3.05, 3.63) is 77.1 Å². The number of amides is 2. The Kier molecular flexibility index (Phi) is 7.00. The van der Waals surface area contributed by atoms with E-state index in [-0.39, 0.29) is 11.8 Å². The van der Waals surface area contributed by atoms with E-state index in [0.717, 1.165) is 28.2 Å². The molecule has 8 heteroatoms. The first-order valence-electron chi connectivity index (χ1n) is 9.60. The van der Waals surface area contributed by atoms with Gasteiger partial charge in [-0.25, -0.2) is 9.48 Å². The molecule has 0 aliphatic rings. The van der Waals surface area contributed by atoms with E-state index in [1.165, 1.54) is 12.1 Å². The zero-order valence-electron chi connectivity index (χ0n) is 16.9. The number of benzene rings is 2. The number of alkyl halides is 2. The van der Waals surface area contributed by atoms with Crippen molar-refractivity contribution in [3.63, 3.8) is 0 Å². The minimum absolute atomic E-state index is 0.112. The van der Waals surface area contributed by atoms with Gasteiger partial charge in [-0.15, -0.1) is 0 Å². The molecule has 0 aliphatic carbocycles. The number of ether oxygens (including phenoxy) is 1. The zero-order valence-corrected chi connectivity index (χ0v) is 16.9. The van der Waals surface area contributed by atoms with Crippen LogP contribution in [0.25, 0.3) is 5.69 Å². The molecular weight excluding hydrogens is 390 g/mol. The molecule has 3 rings (SSSR count). The predicted octanol–water partition coefficient (Wildman–Crippen LogP) is 4.13. The van der Waals surface area contributed by atoms with E-state index in [1.54, 1.807) is 12.1 Å². The fourth-order valence-electron chi connectivity index (χ4n) is 3.14. The van der Waals surface area contributed by atoms with Gasteiger partial charge >= 0.3 is 12.6 Å². The monoisotopic (exact) mass is 414 g/mol. The highest BCUT2D eigenvalue weighted by atomic mass is 19.3. The van der Waals surface area contributed by atoms with Crippen molar-refractivity contribution in [3.8, 4) is 11.4 Å². The molecule has 0 radical (unpaired) electrons. The van der Waals surface area contributed by atoms with E-state index < -0.39 is 6.61 Å². The van der Waals surface area contributed by atoms with Gasteiger partial charge in [0, 0.05) is 24.3 Å². The first-order valence-corrected chi connectivity index (χ1v) is 9.60. The molecule has 0 aliphatic heterocycles. The quantitative estimate of drug-likeness (QED) is 0.582. The van der Waals surface area contributed by atoms with E-state index in [0.29, 0.717) is 19.5 Å². The van der Waals surface area contributed by atoms with Crippen molar-refractivity contribution in [2.45, 2.75) is 33.4 Å². The summed E-state index contributed by atoms with van der Waals surface area (Å²) in [6, 6.07) is 15.9. The van der Waals surface area contributed by atoms with Gasteiger partial charge in [0.1, 0.15) is 5.75 Å². The standard InChI is InChI=1S/C22H24F2N4O2/c1-15-20(16(2)28(27-15)18-6-4-3-5-7-18)14-26-22(29)25-13-12-17-8-10-19(11-9-17)30-21(23)24/h3-11,21H,12-14H2,1-2H3,(H2,25,26,29). The van der Waals surface area contributed by atoms with E-state index in [9.17, 15) is 13.6 Å². The summed E-state index contributed by atoms with van der Waals surface area (Å²) in [5, 5.41) is 10.2. The highest BCUT2D eigenvalue weighted by molar-refractivity contribution is 5.73. The summed E-state index contributed by atoms with van der Waals surface area (Å²) in [4.78, 5) is 12.1. The number of aromatic nitrogens is 2. The Bertz CT molecular complexity index is 973. The number of carbonyl (C=O) groups is 1. The molecule has 2 amide bonds. The molecule has 2 aromatic carbocycles. The molecule has 2 N–H and O–H groups in total. The van der Waals surface area contributed by atoms with Crippen molar-refractivity contribution in [1.82, 2.24) is 20.4 Å². The summed E-state index contributed by atoms with van der Waals surface area (Å²) in [6.45, 7) is 1.85. The lowest BCUT2D eigenvalue weighted by Crippen LogP contribution is -2.36. The number of aryl methyl sites for hydroxylation is 1. The van der Waals surface area contributed by atoms with Crippen LogP contribution in [0.15, 0.2) is 54.6 Å². The molecule has 0 saturated carbocycles. The molecule has 0 spiro atoms. The summed E-state index contributed by atoms with van der Waals surface area (Å²) in [7, 11) is 0. The molecule has 30 heavy (non-hydrogen) atoms. The van der Waals surface area contributed by atoms with Crippen LogP contribution in [-0.4, -0.2) is 29.0 Å². The third-order valence-corrected chi connectivity index (χ3v) is 4.72. The maximum absolute atomic E-state index is 12.2. The van der Waals surface area contributed by atoms with Crippen molar-refractivity contribution in [2.75, 3.05) is 6.54 Å². The summed E-state index contributed by atoms with van der Waals surface area (Å²) in [6.07, 6.45) is 0.576. The van der Waals surface area contributed by atoms with Crippen molar-refractivity contribution in [1.29, 1.82) is 0 Å². The van der Waals surface area contributed by atoms with Gasteiger partial charge in [-0.1, -0.05) is 30.3 Å². The molecule has 1 aromatic heterocycles. The highest BCUT2D eigenvalue weighted by Gasteiger charge is 2.13. The van der Waals surface area contributed by atoms with E-state index in [4.69, 9.17) is 0 Å². The summed E-state index contributed by atoms with van der Waals surface area (Å²) >= 11 is 0. The average Bonchev–Trinajstić information content (AvgIpc) is 3.01. The van der Waals surface area contributed by atoms with Gasteiger partial charge in [0.15, 0.2) is 0 Å². The zero-order chi connectivity index (χ0) is 21.5. The fourth-order valence-corrected chi connectivity index (χ4v) is 3.14. The molecule has 0 unspecified atom stereocenters. The van der Waals surface area contributed by atoms with Gasteiger partial charge in [-0.2, -0.15) is 13.9 Å². The minimum Gasteiger partial charge on any atom is -0.435 e. The van der Waals surface area contributed by atoms with Gasteiger partial charge in [-0.05, 0) is 50.1 Å². The molecule has 158 valence electrons. The van der Waals surface area contributed by atoms with Gasteiger partial charge in [-0.3, -0.25) is 0 Å². The van der Waals surface area contributed by atoms with Crippen LogP contribution in [0.4, 0.5) is 13.6 Å². The first-order chi connectivity index (χ1) is 14.4. The number of hydrogen-bond acceptors (Lipinski definition) is 3. The topological polar surface area (TPSA) is 68.2 Å². The van der Waals surface area contributed by atoms with E-state index >= 15 is 0 Å². The number of para-hydroxylation sites is 1. The fraction of sp³-hybridized carbons (Fsp3) is 0.273. The molecule has 6 nitrogen and oxygen atoms in total. The Morgan fingerprint density at radius 3 is 2.43 bits per heavy atom. The Morgan fingerprint density at radius 2 is 1.77 bits per heavy atom. The molecule has 0 fully saturated rings. The Morgan fingerprint density at radius 1 is 1.07 bits per heavy atom. The van der Waals surface area contributed by atoms with Crippen LogP contribution < -0.4 is 15.4 Å². The minimum atomic E-state index is -2.84. The normalized spacial score (nSPS) is 10.8. The number of urea groups is 1. The third-order valence-electron chi connectivity index (χ3n) is 4.72. The van der Waals surface area contributed by atoms with E-state index in [1.807, 2.05) is 48.9 Å². The molecule has 0 atom stereocenters. The Balaban J connectivity index is 1.48. The number of hydrogen-bond donors (Lipinski definition) is 2. The number of rotatable bonds is 8. The highest BCUT2D eigenvalue weighted by Crippen LogP contribution is 2.18. The van der Waals surface area contributed by atoms with Crippen LogP contribution in [0.5, 0.6) is 5.75 Å². The predicted molar refractivity (Wildman–Crippen MR) is 110 cm³/mol. The SMILES string of the molecule is Cc1nn(-c2ccccc2)c(C)c1CNC(=O)NCCc1ccc(OC(F)F)cc1. The first kappa shape index (κ1) is 21.3. The summed E-state index contributed by atoms with van der Waals surface area (Å²) in [5.41, 5.74) is 4.70. The Hall–Kier alpha value is -3.42. The smallest absolute Gasteiger partial charge is 0.387 e. The lowest BCUT2D eigenvalue weighted by Gasteiger charge is -2.09. The lowest BCUT2D eigenvalue weighted by molar-refractivity contribution is -0.0498. The second-order valence-electron chi connectivity index (χ2n) is 6.78. The third kappa shape index (κ3) is 5.56. The van der Waals surface area contributed by atoms with Crippen LogP contribution in [0.2, 0.25) is 0 Å². The maximum Gasteiger partial charge on any atom is 0.387 e. The molecule has 0 bridgehead atoms. The van der Waals surface area contributed by atoms with Gasteiger partial charge < -0.3 is 15.4 Å². The Labute approximate surface area is 173 Å². The molecule has 0 saturated heterocycles. The van der Waals surface area contributed by atoms with Crippen LogP contribution in [0, 0.1) is 13.8 Å². The maximum atomic E-state index is 12.2. The van der Waals surface area contributed by atoms with Crippen LogP contribution in [0.3, 0.4) is 0 Å². The van der Waals surface area contributed by atoms with Crippen molar-refractivity contribution < 1.29 is 18.3 Å². The number of nitrogens with zero attached hydrogens (tertiary/aromatic N) is 2. The van der Waals surface area contributed by atoms with Gasteiger partial charge in [0.25, 0.3) is 0 Å². The number of carbonyl (C=O) groups excluding carboxylic acids is 1. The van der Waals surface area contributed by atoms with Gasteiger partial charge in [0.2, 0.25) is 0 Å². The second-order valence-corrected chi connectivity index (χ2v) is 6.78. The average molecular weight is 414 g/mol. The largest absolute Gasteiger partial charge is 0.435 e. The van der Waals surface area contributed by atoms with Gasteiger partial charge in [0.05, 0.1) is 11.4 Å². The molecule has 1 heterocycles. The van der Waals surface area contributed by atoms with Crippen molar-refractivity contribution in [2.24, 2.45) is 0 Å². The van der Waals surface area contributed by atoms with Crippen LogP contribution in [0.1, 0.15) is 22.5 Å². The van der Waals surface area contributed by atoms with Crippen LogP contribution in [-0.2, 0) is 13.0 Å². The van der Waals surface area contributed by atoms with Crippen molar-refractivity contribution >= 4 is 6.03 Å². The lowest BCUT2D eigenvalue weighted by atomic mass is 10.1. The van der Waals surface area contributed by atoms with Crippen LogP contribution >= 0.6 is 0 Å². The number of nitrogens with one attached hydrogen (secondary N) is 2. The summed E-state index contributed by atoms with van der Waals surface area (Å²) in [5.74, 6) is 0.112. The molecule has 3 aromatic rings. The van der Waals surface area contributed by atoms with E-state index in [2.05, 4.69) is 20.5 Å².